The van der Waals surface area contributed by atoms with Crippen molar-refractivity contribution in [2.24, 2.45) is 5.92 Å². The van der Waals surface area contributed by atoms with Gasteiger partial charge in [0.1, 0.15) is 6.10 Å². The maximum atomic E-state index is 12.3. The number of likely N-dealkylation sites (N-methyl/N-ethyl adjacent to an activating group) is 1. The van der Waals surface area contributed by atoms with Crippen LogP contribution in [0.15, 0.2) is 0 Å². The topological polar surface area (TPSA) is 60.9 Å². The summed E-state index contributed by atoms with van der Waals surface area (Å²) in [5.41, 5.74) is 0. The van der Waals surface area contributed by atoms with Gasteiger partial charge in [0.15, 0.2) is 0 Å². The lowest BCUT2D eigenvalue weighted by molar-refractivity contribution is -0.147. The molecule has 1 heterocycles. The molecular weight excluding hydrogens is 244 g/mol. The van der Waals surface area contributed by atoms with Gasteiger partial charge in [0.05, 0.1) is 6.54 Å². The zero-order valence-corrected chi connectivity index (χ0v) is 11.7. The average molecular weight is 268 g/mol. The standard InChI is InChI=1S/C14H24N2O3/c1-15-8-5-9-16(10-12(15)17)14(19)13(18)11-6-3-2-4-7-11/h11,13,18H,2-10H2,1H3. The Labute approximate surface area is 114 Å². The molecule has 1 aliphatic carbocycles. The summed E-state index contributed by atoms with van der Waals surface area (Å²) in [6.07, 6.45) is 5.10. The lowest BCUT2D eigenvalue weighted by Crippen LogP contribution is -2.46. The van der Waals surface area contributed by atoms with Crippen LogP contribution in [0.25, 0.3) is 0 Å². The van der Waals surface area contributed by atoms with Crippen LogP contribution in [0, 0.1) is 5.92 Å². The smallest absolute Gasteiger partial charge is 0.252 e. The van der Waals surface area contributed by atoms with Gasteiger partial charge in [-0.3, -0.25) is 9.59 Å². The second kappa shape index (κ2) is 6.37. The summed E-state index contributed by atoms with van der Waals surface area (Å²) in [4.78, 5) is 27.3. The van der Waals surface area contributed by atoms with Gasteiger partial charge in [0.25, 0.3) is 5.91 Å². The Kier molecular flexibility index (Phi) is 4.80. The van der Waals surface area contributed by atoms with Crippen molar-refractivity contribution in [3.63, 3.8) is 0 Å². The summed E-state index contributed by atoms with van der Waals surface area (Å²) < 4.78 is 0. The van der Waals surface area contributed by atoms with Crippen LogP contribution in [0.5, 0.6) is 0 Å². The first-order chi connectivity index (χ1) is 9.09. The lowest BCUT2D eigenvalue weighted by Gasteiger charge is -2.29. The van der Waals surface area contributed by atoms with E-state index in [2.05, 4.69) is 0 Å². The fourth-order valence-electron chi connectivity index (χ4n) is 3.01. The molecule has 5 nitrogen and oxygen atoms in total. The molecule has 0 aromatic rings. The van der Waals surface area contributed by atoms with Crippen molar-refractivity contribution in [1.82, 2.24) is 9.80 Å². The Balaban J connectivity index is 1.95. The van der Waals surface area contributed by atoms with Crippen molar-refractivity contribution in [3.05, 3.63) is 0 Å². The van der Waals surface area contributed by atoms with Gasteiger partial charge >= 0.3 is 0 Å². The molecule has 5 heteroatoms. The first-order valence-electron chi connectivity index (χ1n) is 7.30. The van der Waals surface area contributed by atoms with E-state index >= 15 is 0 Å². The van der Waals surface area contributed by atoms with Gasteiger partial charge in [0, 0.05) is 20.1 Å². The van der Waals surface area contributed by atoms with E-state index in [1.54, 1.807) is 11.9 Å². The molecule has 0 aromatic carbocycles. The van der Waals surface area contributed by atoms with Crippen LogP contribution in [0.3, 0.4) is 0 Å². The zero-order chi connectivity index (χ0) is 13.8. The van der Waals surface area contributed by atoms with Crippen LogP contribution in [0.2, 0.25) is 0 Å². The Bertz CT molecular complexity index is 340. The maximum absolute atomic E-state index is 12.3. The third kappa shape index (κ3) is 3.47. The van der Waals surface area contributed by atoms with E-state index in [0.29, 0.717) is 13.1 Å². The van der Waals surface area contributed by atoms with E-state index in [-0.39, 0.29) is 24.3 Å². The molecule has 108 valence electrons. The second-order valence-electron chi connectivity index (χ2n) is 5.77. The summed E-state index contributed by atoms with van der Waals surface area (Å²) >= 11 is 0. The highest BCUT2D eigenvalue weighted by Gasteiger charge is 2.32. The highest BCUT2D eigenvalue weighted by Crippen LogP contribution is 2.27. The van der Waals surface area contributed by atoms with Gasteiger partial charge in [0.2, 0.25) is 5.91 Å². The first-order valence-corrected chi connectivity index (χ1v) is 7.30. The Morgan fingerprint density at radius 2 is 1.89 bits per heavy atom. The third-order valence-corrected chi connectivity index (χ3v) is 4.33. The van der Waals surface area contributed by atoms with E-state index in [1.807, 2.05) is 0 Å². The monoisotopic (exact) mass is 268 g/mol. The molecule has 0 spiro atoms. The normalized spacial score (nSPS) is 24.2. The Hall–Kier alpha value is -1.10. The predicted molar refractivity (Wildman–Crippen MR) is 71.4 cm³/mol. The average Bonchev–Trinajstić information content (AvgIpc) is 2.60. The van der Waals surface area contributed by atoms with Crippen molar-refractivity contribution in [2.75, 3.05) is 26.7 Å². The highest BCUT2D eigenvalue weighted by molar-refractivity contribution is 5.87. The van der Waals surface area contributed by atoms with Crippen molar-refractivity contribution in [3.8, 4) is 0 Å². The number of hydrogen-bond donors (Lipinski definition) is 1. The van der Waals surface area contributed by atoms with Crippen LogP contribution < -0.4 is 0 Å². The van der Waals surface area contributed by atoms with E-state index in [4.69, 9.17) is 0 Å². The lowest BCUT2D eigenvalue weighted by atomic mass is 9.85. The maximum Gasteiger partial charge on any atom is 0.252 e. The van der Waals surface area contributed by atoms with Crippen LogP contribution in [-0.4, -0.2) is 59.5 Å². The number of carbonyl (C=O) groups is 2. The van der Waals surface area contributed by atoms with Gasteiger partial charge in [-0.25, -0.2) is 0 Å². The molecule has 0 radical (unpaired) electrons. The van der Waals surface area contributed by atoms with Crippen LogP contribution in [0.4, 0.5) is 0 Å². The van der Waals surface area contributed by atoms with Crippen LogP contribution in [-0.2, 0) is 9.59 Å². The molecule has 1 atom stereocenters. The van der Waals surface area contributed by atoms with E-state index < -0.39 is 6.10 Å². The molecular formula is C14H24N2O3. The minimum Gasteiger partial charge on any atom is -0.383 e. The molecule has 1 aliphatic heterocycles. The highest BCUT2D eigenvalue weighted by atomic mass is 16.3. The summed E-state index contributed by atoms with van der Waals surface area (Å²) in [7, 11) is 1.76. The zero-order valence-electron chi connectivity index (χ0n) is 11.7. The van der Waals surface area contributed by atoms with Crippen LogP contribution >= 0.6 is 0 Å². The number of hydrogen-bond acceptors (Lipinski definition) is 3. The summed E-state index contributed by atoms with van der Waals surface area (Å²) in [5.74, 6) is -0.213. The first kappa shape index (κ1) is 14.3. The number of carbonyl (C=O) groups excluding carboxylic acids is 2. The van der Waals surface area contributed by atoms with Crippen molar-refractivity contribution < 1.29 is 14.7 Å². The molecule has 0 aromatic heterocycles. The minimum absolute atomic E-state index is 0.0401. The summed E-state index contributed by atoms with van der Waals surface area (Å²) in [6, 6.07) is 0. The molecule has 1 saturated carbocycles. The van der Waals surface area contributed by atoms with Crippen molar-refractivity contribution in [2.45, 2.75) is 44.6 Å². The summed E-state index contributed by atoms with van der Waals surface area (Å²) in [5, 5.41) is 10.2. The minimum atomic E-state index is -0.920. The van der Waals surface area contributed by atoms with Crippen LogP contribution in [0.1, 0.15) is 38.5 Å². The molecule has 2 fully saturated rings. The molecule has 1 unspecified atom stereocenters. The van der Waals surface area contributed by atoms with E-state index in [9.17, 15) is 14.7 Å². The Morgan fingerprint density at radius 3 is 2.58 bits per heavy atom. The molecule has 2 amide bonds. The fourth-order valence-corrected chi connectivity index (χ4v) is 3.01. The molecule has 1 saturated heterocycles. The third-order valence-electron chi connectivity index (χ3n) is 4.33. The largest absolute Gasteiger partial charge is 0.383 e. The number of amides is 2. The molecule has 2 aliphatic rings. The predicted octanol–water partition coefficient (Wildman–Crippen LogP) is 0.618. The van der Waals surface area contributed by atoms with Gasteiger partial charge < -0.3 is 14.9 Å². The molecule has 19 heavy (non-hydrogen) atoms. The van der Waals surface area contributed by atoms with E-state index in [1.165, 1.54) is 11.3 Å². The summed E-state index contributed by atoms with van der Waals surface area (Å²) in [6.45, 7) is 1.36. The van der Waals surface area contributed by atoms with Gasteiger partial charge in [-0.05, 0) is 25.2 Å². The molecule has 2 rings (SSSR count). The SMILES string of the molecule is CN1CCCN(C(=O)C(O)C2CCCCC2)CC1=O. The number of nitrogens with zero attached hydrogens (tertiary/aromatic N) is 2. The quantitative estimate of drug-likeness (QED) is 0.798. The second-order valence-corrected chi connectivity index (χ2v) is 5.77. The van der Waals surface area contributed by atoms with Crippen molar-refractivity contribution >= 4 is 11.8 Å². The number of aliphatic hydroxyl groups is 1. The van der Waals surface area contributed by atoms with Gasteiger partial charge in [-0.1, -0.05) is 19.3 Å². The fraction of sp³-hybridized carbons (Fsp3) is 0.857. The number of rotatable bonds is 2. The van der Waals surface area contributed by atoms with Gasteiger partial charge in [-0.2, -0.15) is 0 Å². The van der Waals surface area contributed by atoms with Crippen molar-refractivity contribution in [1.29, 1.82) is 0 Å². The molecule has 1 N–H and O–H groups in total. The molecule has 0 bridgehead atoms. The van der Waals surface area contributed by atoms with E-state index in [0.717, 1.165) is 32.1 Å². The number of aliphatic hydroxyl groups excluding tert-OH is 1. The Morgan fingerprint density at radius 1 is 1.21 bits per heavy atom. The van der Waals surface area contributed by atoms with Gasteiger partial charge in [-0.15, -0.1) is 0 Å².